The second-order valence-electron chi connectivity index (χ2n) is 3.54. The number of alkyl carbamates (subject to hydrolysis) is 1. The number of hydrogen-bond donors (Lipinski definition) is 1. The topological polar surface area (TPSA) is 64.6 Å². The average Bonchev–Trinajstić information content (AvgIpc) is 2.30. The molecule has 0 fully saturated rings. The smallest absolute Gasteiger partial charge is 0.407 e. The van der Waals surface area contributed by atoms with Crippen LogP contribution in [0.15, 0.2) is 0 Å². The third kappa shape index (κ3) is 7.09. The van der Waals surface area contributed by atoms with E-state index in [1.165, 1.54) is 0 Å². The van der Waals surface area contributed by atoms with Gasteiger partial charge in [-0.05, 0) is 12.8 Å². The van der Waals surface area contributed by atoms with Crippen molar-refractivity contribution in [1.29, 1.82) is 0 Å². The van der Waals surface area contributed by atoms with Crippen molar-refractivity contribution < 1.29 is 19.1 Å². The molecule has 0 bridgehead atoms. The monoisotopic (exact) mass is 231 g/mol. The highest BCUT2D eigenvalue weighted by Gasteiger charge is 2.11. The Bertz CT molecular complexity index is 218. The molecule has 0 aromatic carbocycles. The second-order valence-corrected chi connectivity index (χ2v) is 3.54. The molecule has 1 amide bonds. The van der Waals surface area contributed by atoms with Crippen LogP contribution in [0.2, 0.25) is 0 Å². The van der Waals surface area contributed by atoms with Gasteiger partial charge in [0.05, 0.1) is 19.1 Å². The van der Waals surface area contributed by atoms with Gasteiger partial charge in [0.1, 0.15) is 6.61 Å². The lowest BCUT2D eigenvalue weighted by Gasteiger charge is -2.09. The van der Waals surface area contributed by atoms with Gasteiger partial charge in [0.25, 0.3) is 0 Å². The number of ether oxygens (including phenoxy) is 2. The molecule has 5 heteroatoms. The van der Waals surface area contributed by atoms with E-state index in [4.69, 9.17) is 9.47 Å². The van der Waals surface area contributed by atoms with Gasteiger partial charge < -0.3 is 14.8 Å². The van der Waals surface area contributed by atoms with Crippen molar-refractivity contribution in [3.63, 3.8) is 0 Å². The van der Waals surface area contributed by atoms with Crippen molar-refractivity contribution in [3.8, 4) is 0 Å². The summed E-state index contributed by atoms with van der Waals surface area (Å²) in [4.78, 5) is 22.2. The van der Waals surface area contributed by atoms with Crippen molar-refractivity contribution in [2.45, 2.75) is 33.6 Å². The standard InChI is InChI=1S/C11H21NO4/c1-4-7-16-11(14)12-6-8-15-10(13)9(3)5-2/h9H,4-8H2,1-3H3,(H,12,14). The molecule has 0 heterocycles. The first-order chi connectivity index (χ1) is 7.61. The Morgan fingerprint density at radius 2 is 1.88 bits per heavy atom. The SMILES string of the molecule is CCCOC(=O)NCCOC(=O)C(C)CC. The zero-order chi connectivity index (χ0) is 12.4. The third-order valence-corrected chi connectivity index (χ3v) is 2.07. The maximum absolute atomic E-state index is 11.2. The molecule has 0 spiro atoms. The van der Waals surface area contributed by atoms with Gasteiger partial charge in [-0.2, -0.15) is 0 Å². The van der Waals surface area contributed by atoms with Crippen LogP contribution in [-0.2, 0) is 14.3 Å². The summed E-state index contributed by atoms with van der Waals surface area (Å²) >= 11 is 0. The fourth-order valence-electron chi connectivity index (χ4n) is 0.859. The maximum Gasteiger partial charge on any atom is 0.407 e. The van der Waals surface area contributed by atoms with Crippen LogP contribution in [0.3, 0.4) is 0 Å². The van der Waals surface area contributed by atoms with E-state index in [0.717, 1.165) is 12.8 Å². The minimum absolute atomic E-state index is 0.0907. The minimum Gasteiger partial charge on any atom is -0.464 e. The van der Waals surface area contributed by atoms with Gasteiger partial charge in [-0.3, -0.25) is 4.79 Å². The van der Waals surface area contributed by atoms with E-state index in [2.05, 4.69) is 5.32 Å². The third-order valence-electron chi connectivity index (χ3n) is 2.07. The quantitative estimate of drug-likeness (QED) is 0.535. The Hall–Kier alpha value is -1.26. The molecule has 1 unspecified atom stereocenters. The number of amides is 1. The van der Waals surface area contributed by atoms with Crippen LogP contribution in [0.5, 0.6) is 0 Å². The summed E-state index contributed by atoms with van der Waals surface area (Å²) in [5.74, 6) is -0.321. The van der Waals surface area contributed by atoms with Crippen molar-refractivity contribution in [2.75, 3.05) is 19.8 Å². The Morgan fingerprint density at radius 3 is 2.44 bits per heavy atom. The number of nitrogens with one attached hydrogen (secondary N) is 1. The predicted octanol–water partition coefficient (Wildman–Crippen LogP) is 1.71. The van der Waals surface area contributed by atoms with Crippen molar-refractivity contribution in [3.05, 3.63) is 0 Å². The Labute approximate surface area is 96.5 Å². The van der Waals surface area contributed by atoms with E-state index in [1.807, 2.05) is 20.8 Å². The van der Waals surface area contributed by atoms with E-state index >= 15 is 0 Å². The van der Waals surface area contributed by atoms with Gasteiger partial charge in [-0.25, -0.2) is 4.79 Å². The first-order valence-electron chi connectivity index (χ1n) is 5.69. The van der Waals surface area contributed by atoms with Crippen molar-refractivity contribution in [2.24, 2.45) is 5.92 Å². The summed E-state index contributed by atoms with van der Waals surface area (Å²) in [6, 6.07) is 0. The lowest BCUT2D eigenvalue weighted by molar-refractivity contribution is -0.147. The molecule has 5 nitrogen and oxygen atoms in total. The molecule has 94 valence electrons. The molecule has 0 saturated heterocycles. The predicted molar refractivity (Wildman–Crippen MR) is 60.1 cm³/mol. The number of carbonyl (C=O) groups is 2. The van der Waals surface area contributed by atoms with Gasteiger partial charge in [0, 0.05) is 0 Å². The minimum atomic E-state index is -0.471. The Balaban J connectivity index is 3.45. The molecule has 0 radical (unpaired) electrons. The highest BCUT2D eigenvalue weighted by molar-refractivity contribution is 5.72. The van der Waals surface area contributed by atoms with Gasteiger partial charge in [0.15, 0.2) is 0 Å². The molecule has 0 aliphatic rings. The van der Waals surface area contributed by atoms with Crippen LogP contribution in [-0.4, -0.2) is 31.8 Å². The van der Waals surface area contributed by atoms with Gasteiger partial charge in [-0.1, -0.05) is 20.8 Å². The van der Waals surface area contributed by atoms with Crippen molar-refractivity contribution in [1.82, 2.24) is 5.32 Å². The molecule has 0 saturated carbocycles. The highest BCUT2D eigenvalue weighted by Crippen LogP contribution is 2.02. The number of hydrogen-bond acceptors (Lipinski definition) is 4. The van der Waals surface area contributed by atoms with Gasteiger partial charge >= 0.3 is 12.1 Å². The Morgan fingerprint density at radius 1 is 1.19 bits per heavy atom. The zero-order valence-electron chi connectivity index (χ0n) is 10.2. The summed E-state index contributed by atoms with van der Waals surface area (Å²) in [6.45, 7) is 6.52. The van der Waals surface area contributed by atoms with E-state index in [9.17, 15) is 9.59 Å². The lowest BCUT2D eigenvalue weighted by atomic mass is 10.1. The largest absolute Gasteiger partial charge is 0.464 e. The molecule has 1 N–H and O–H groups in total. The average molecular weight is 231 g/mol. The molecular formula is C11H21NO4. The molecule has 0 aliphatic carbocycles. The maximum atomic E-state index is 11.2. The van der Waals surface area contributed by atoms with Crippen LogP contribution in [0, 0.1) is 5.92 Å². The molecule has 0 aliphatic heterocycles. The van der Waals surface area contributed by atoms with Crippen LogP contribution in [0.25, 0.3) is 0 Å². The summed E-state index contributed by atoms with van der Waals surface area (Å²) in [6.07, 6.45) is 1.07. The Kier molecular flexibility index (Phi) is 8.29. The van der Waals surface area contributed by atoms with E-state index < -0.39 is 6.09 Å². The number of carbonyl (C=O) groups excluding carboxylic acids is 2. The number of esters is 1. The van der Waals surface area contributed by atoms with Gasteiger partial charge in [-0.15, -0.1) is 0 Å². The lowest BCUT2D eigenvalue weighted by Crippen LogP contribution is -2.29. The molecule has 0 aromatic rings. The van der Waals surface area contributed by atoms with Gasteiger partial charge in [0.2, 0.25) is 0 Å². The summed E-state index contributed by atoms with van der Waals surface area (Å²) in [5.41, 5.74) is 0. The van der Waals surface area contributed by atoms with Crippen molar-refractivity contribution >= 4 is 12.1 Å². The molecule has 16 heavy (non-hydrogen) atoms. The van der Waals surface area contributed by atoms with Crippen LogP contribution < -0.4 is 5.32 Å². The summed E-state index contributed by atoms with van der Waals surface area (Å²) < 4.78 is 9.72. The molecule has 0 rings (SSSR count). The molecular weight excluding hydrogens is 210 g/mol. The van der Waals surface area contributed by atoms with E-state index in [0.29, 0.717) is 6.61 Å². The van der Waals surface area contributed by atoms with Crippen LogP contribution in [0.4, 0.5) is 4.79 Å². The number of rotatable bonds is 7. The highest BCUT2D eigenvalue weighted by atomic mass is 16.6. The summed E-state index contributed by atoms with van der Waals surface area (Å²) in [5, 5.41) is 2.49. The fraction of sp³-hybridized carbons (Fsp3) is 0.818. The molecule has 1 atom stereocenters. The van der Waals surface area contributed by atoms with E-state index in [1.54, 1.807) is 0 Å². The zero-order valence-corrected chi connectivity index (χ0v) is 10.2. The fourth-order valence-corrected chi connectivity index (χ4v) is 0.859. The first-order valence-corrected chi connectivity index (χ1v) is 5.69. The normalized spacial score (nSPS) is 11.7. The van der Waals surface area contributed by atoms with Crippen LogP contribution in [0.1, 0.15) is 33.6 Å². The van der Waals surface area contributed by atoms with E-state index in [-0.39, 0.29) is 25.0 Å². The second kappa shape index (κ2) is 9.00. The summed E-state index contributed by atoms with van der Waals surface area (Å²) in [7, 11) is 0. The first kappa shape index (κ1) is 14.7. The van der Waals surface area contributed by atoms with Crippen LogP contribution >= 0.6 is 0 Å². The molecule has 0 aromatic heterocycles.